The van der Waals surface area contributed by atoms with E-state index in [1.165, 1.54) is 0 Å². The smallest absolute Gasteiger partial charge is 0.248 e. The topological polar surface area (TPSA) is 53.0 Å². The average molecular weight is 178 g/mol. The third-order valence-corrected chi connectivity index (χ3v) is 2.08. The van der Waals surface area contributed by atoms with Crippen LogP contribution in [0.4, 0.5) is 0 Å². The van der Waals surface area contributed by atoms with Gasteiger partial charge in [-0.05, 0) is 28.5 Å². The average Bonchev–Trinajstić information content (AvgIpc) is 2.47. The number of hydrogen-bond donors (Lipinski definition) is 0. The van der Waals surface area contributed by atoms with Gasteiger partial charge in [-0.3, -0.25) is 4.63 Å². The monoisotopic (exact) mass is 178 g/mol. The second-order valence-corrected chi connectivity index (χ2v) is 3.33. The zero-order valence-electron chi connectivity index (χ0n) is 7.52. The highest BCUT2D eigenvalue weighted by atomic mass is 16.8. The van der Waals surface area contributed by atoms with Crippen LogP contribution in [-0.4, -0.2) is 5.16 Å². The van der Waals surface area contributed by atoms with Gasteiger partial charge in [-0.2, -0.15) is 0 Å². The van der Waals surface area contributed by atoms with Gasteiger partial charge in [0.05, 0.1) is 0 Å². The van der Waals surface area contributed by atoms with Gasteiger partial charge in [0.2, 0.25) is 11.0 Å². The molecule has 4 heteroatoms. The second-order valence-electron chi connectivity index (χ2n) is 3.33. The predicted octanol–water partition coefficient (Wildman–Crippen LogP) is 1.58. The molecule has 1 aromatic carbocycles. The van der Waals surface area contributed by atoms with E-state index in [1.807, 2.05) is 12.1 Å². The van der Waals surface area contributed by atoms with Crippen LogP contribution in [0.5, 0.6) is 0 Å². The Bertz CT molecular complexity index is 434. The standard InChI is InChI=1S/C9H10N2O2/c1-6(2)7-3-4-8-9(5-7)11(12)13-10-8/h3-6H,1-2H3. The summed E-state index contributed by atoms with van der Waals surface area (Å²) in [4.78, 5) is 0.432. The summed E-state index contributed by atoms with van der Waals surface area (Å²) in [5.41, 5.74) is 2.20. The minimum Gasteiger partial charge on any atom is -0.359 e. The molecule has 0 fully saturated rings. The molecule has 1 heterocycles. The fourth-order valence-electron chi connectivity index (χ4n) is 1.25. The molecule has 13 heavy (non-hydrogen) atoms. The molecule has 0 atom stereocenters. The highest BCUT2D eigenvalue weighted by Gasteiger charge is 2.10. The molecular formula is C9H10N2O2. The quantitative estimate of drug-likeness (QED) is 0.623. The Labute approximate surface area is 75.3 Å². The molecule has 0 radical (unpaired) electrons. The third kappa shape index (κ3) is 1.24. The van der Waals surface area contributed by atoms with Gasteiger partial charge in [-0.25, -0.2) is 0 Å². The Balaban J connectivity index is 2.66. The number of benzene rings is 1. The van der Waals surface area contributed by atoms with Crippen LogP contribution < -0.4 is 4.90 Å². The molecule has 0 spiro atoms. The first-order chi connectivity index (χ1) is 6.18. The van der Waals surface area contributed by atoms with Gasteiger partial charge in [-0.15, -0.1) is 0 Å². The Hall–Kier alpha value is -1.58. The molecular weight excluding hydrogens is 168 g/mol. The fraction of sp³-hybridized carbons (Fsp3) is 0.333. The van der Waals surface area contributed by atoms with Crippen molar-refractivity contribution in [2.45, 2.75) is 19.8 Å². The van der Waals surface area contributed by atoms with Crippen molar-refractivity contribution in [1.29, 1.82) is 0 Å². The lowest BCUT2D eigenvalue weighted by Gasteiger charge is -2.01. The van der Waals surface area contributed by atoms with Crippen molar-refractivity contribution in [3.8, 4) is 0 Å². The summed E-state index contributed by atoms with van der Waals surface area (Å²) >= 11 is 0. The molecule has 0 aliphatic carbocycles. The van der Waals surface area contributed by atoms with Crippen molar-refractivity contribution in [3.05, 3.63) is 29.0 Å². The number of nitrogens with zero attached hydrogens (tertiary/aromatic N) is 2. The molecule has 1 aromatic heterocycles. The predicted molar refractivity (Wildman–Crippen MR) is 47.1 cm³/mol. The number of rotatable bonds is 1. The van der Waals surface area contributed by atoms with Crippen LogP contribution in [0.3, 0.4) is 0 Å². The maximum absolute atomic E-state index is 11.0. The van der Waals surface area contributed by atoms with Gasteiger partial charge in [0.15, 0.2) is 0 Å². The second kappa shape index (κ2) is 2.73. The lowest BCUT2D eigenvalue weighted by Crippen LogP contribution is -2.22. The van der Waals surface area contributed by atoms with E-state index >= 15 is 0 Å². The number of aromatic nitrogens is 2. The van der Waals surface area contributed by atoms with Gasteiger partial charge in [-0.1, -0.05) is 19.9 Å². The zero-order chi connectivity index (χ0) is 9.42. The van der Waals surface area contributed by atoms with Gasteiger partial charge >= 0.3 is 0 Å². The molecule has 0 unspecified atom stereocenters. The van der Waals surface area contributed by atoms with E-state index in [9.17, 15) is 5.21 Å². The summed E-state index contributed by atoms with van der Waals surface area (Å²) in [6, 6.07) is 5.56. The van der Waals surface area contributed by atoms with Gasteiger partial charge in [0.25, 0.3) is 0 Å². The fourth-order valence-corrected chi connectivity index (χ4v) is 1.25. The lowest BCUT2D eigenvalue weighted by atomic mass is 10.0. The van der Waals surface area contributed by atoms with Crippen LogP contribution in [0.1, 0.15) is 25.3 Å². The van der Waals surface area contributed by atoms with E-state index in [0.717, 1.165) is 5.56 Å². The highest BCUT2D eigenvalue weighted by Crippen LogP contribution is 2.17. The molecule has 4 nitrogen and oxygen atoms in total. The zero-order valence-corrected chi connectivity index (χ0v) is 7.52. The number of fused-ring (bicyclic) bond motifs is 1. The Kier molecular flexibility index (Phi) is 1.69. The molecule has 0 aliphatic heterocycles. The minimum atomic E-state index is 0.402. The Morgan fingerprint density at radius 3 is 2.92 bits per heavy atom. The van der Waals surface area contributed by atoms with Crippen LogP contribution in [0.2, 0.25) is 0 Å². The molecule has 68 valence electrons. The molecule has 0 saturated heterocycles. The van der Waals surface area contributed by atoms with E-state index in [4.69, 9.17) is 0 Å². The summed E-state index contributed by atoms with van der Waals surface area (Å²) < 4.78 is 4.46. The van der Waals surface area contributed by atoms with Crippen LogP contribution in [0.15, 0.2) is 22.8 Å². The van der Waals surface area contributed by atoms with Crippen molar-refractivity contribution in [2.75, 3.05) is 0 Å². The first kappa shape index (κ1) is 8.04. The SMILES string of the molecule is CC(C)c1ccc2no[n+]([O-])c2c1. The first-order valence-electron chi connectivity index (χ1n) is 4.18. The van der Waals surface area contributed by atoms with E-state index in [1.54, 1.807) is 6.07 Å². The van der Waals surface area contributed by atoms with Crippen molar-refractivity contribution in [2.24, 2.45) is 0 Å². The minimum absolute atomic E-state index is 0.402. The number of hydrogen-bond acceptors (Lipinski definition) is 3. The maximum atomic E-state index is 11.0. The maximum Gasteiger partial charge on any atom is 0.248 e. The van der Waals surface area contributed by atoms with Crippen LogP contribution >= 0.6 is 0 Å². The largest absolute Gasteiger partial charge is 0.359 e. The molecule has 2 rings (SSSR count). The Morgan fingerprint density at radius 2 is 2.23 bits per heavy atom. The Morgan fingerprint density at radius 1 is 1.46 bits per heavy atom. The molecule has 2 aromatic rings. The summed E-state index contributed by atoms with van der Waals surface area (Å²) in [6.45, 7) is 4.15. The van der Waals surface area contributed by atoms with Crippen molar-refractivity contribution in [3.63, 3.8) is 0 Å². The third-order valence-electron chi connectivity index (χ3n) is 2.08. The van der Waals surface area contributed by atoms with Crippen LogP contribution in [0, 0.1) is 5.21 Å². The normalized spacial score (nSPS) is 11.3. The van der Waals surface area contributed by atoms with Gasteiger partial charge in [0, 0.05) is 5.16 Å². The van der Waals surface area contributed by atoms with E-state index < -0.39 is 0 Å². The summed E-state index contributed by atoms with van der Waals surface area (Å²) in [5.74, 6) is 0.402. The summed E-state index contributed by atoms with van der Waals surface area (Å²) in [5, 5.41) is 14.6. The van der Waals surface area contributed by atoms with Gasteiger partial charge < -0.3 is 5.21 Å². The lowest BCUT2D eigenvalue weighted by molar-refractivity contribution is -0.782. The van der Waals surface area contributed by atoms with Crippen molar-refractivity contribution < 1.29 is 9.53 Å². The molecule has 0 saturated carbocycles. The molecule has 0 bridgehead atoms. The van der Waals surface area contributed by atoms with E-state index in [0.29, 0.717) is 21.9 Å². The highest BCUT2D eigenvalue weighted by molar-refractivity contribution is 5.71. The van der Waals surface area contributed by atoms with E-state index in [2.05, 4.69) is 23.6 Å². The van der Waals surface area contributed by atoms with Crippen LogP contribution in [0.25, 0.3) is 11.0 Å². The first-order valence-corrected chi connectivity index (χ1v) is 4.18. The molecule has 0 N–H and O–H groups in total. The summed E-state index contributed by atoms with van der Waals surface area (Å²) in [7, 11) is 0. The van der Waals surface area contributed by atoms with Crippen molar-refractivity contribution >= 4 is 11.0 Å². The van der Waals surface area contributed by atoms with Gasteiger partial charge in [0.1, 0.15) is 0 Å². The van der Waals surface area contributed by atoms with E-state index in [-0.39, 0.29) is 0 Å². The summed E-state index contributed by atoms with van der Waals surface area (Å²) in [6.07, 6.45) is 0. The molecule has 0 aliphatic rings. The molecule has 0 amide bonds. The van der Waals surface area contributed by atoms with Crippen molar-refractivity contribution in [1.82, 2.24) is 5.16 Å². The van der Waals surface area contributed by atoms with Crippen LogP contribution in [-0.2, 0) is 0 Å².